The molecular formula is C10H12F3NO. The van der Waals surface area contributed by atoms with E-state index in [1.54, 1.807) is 0 Å². The number of hydrogen-bond donors (Lipinski definition) is 2. The molecule has 0 spiro atoms. The molecule has 0 amide bonds. The van der Waals surface area contributed by atoms with Crippen LogP contribution in [0.15, 0.2) is 24.3 Å². The Labute approximate surface area is 85.7 Å². The van der Waals surface area contributed by atoms with Gasteiger partial charge in [0.1, 0.15) is 0 Å². The van der Waals surface area contributed by atoms with E-state index in [0.717, 1.165) is 6.07 Å². The highest BCUT2D eigenvalue weighted by atomic mass is 19.4. The minimum absolute atomic E-state index is 0.00843. The number of aliphatic hydroxyl groups is 1. The van der Waals surface area contributed by atoms with Gasteiger partial charge in [0.05, 0.1) is 11.7 Å². The third-order valence-corrected chi connectivity index (χ3v) is 1.82. The molecule has 0 unspecified atom stereocenters. The predicted molar refractivity (Wildman–Crippen MR) is 51.6 cm³/mol. The van der Waals surface area contributed by atoms with Crippen molar-refractivity contribution in [2.45, 2.75) is 19.2 Å². The van der Waals surface area contributed by atoms with E-state index in [-0.39, 0.29) is 12.2 Å². The number of alkyl halides is 3. The zero-order valence-corrected chi connectivity index (χ0v) is 8.17. The molecule has 1 aromatic rings. The van der Waals surface area contributed by atoms with Gasteiger partial charge in [0, 0.05) is 12.2 Å². The molecule has 1 rings (SSSR count). The van der Waals surface area contributed by atoms with Crippen molar-refractivity contribution in [2.24, 2.45) is 0 Å². The van der Waals surface area contributed by atoms with Crippen LogP contribution in [0, 0.1) is 0 Å². The van der Waals surface area contributed by atoms with Crippen molar-refractivity contribution in [3.05, 3.63) is 29.8 Å². The SMILES string of the molecule is C[C@@H](O)CNc1ccccc1C(F)(F)F. The molecule has 2 N–H and O–H groups in total. The second kappa shape index (κ2) is 4.53. The molecule has 0 saturated heterocycles. The van der Waals surface area contributed by atoms with Crippen LogP contribution in [0.5, 0.6) is 0 Å². The largest absolute Gasteiger partial charge is 0.418 e. The predicted octanol–water partition coefficient (Wildman–Crippen LogP) is 2.50. The molecule has 0 heterocycles. The van der Waals surface area contributed by atoms with Crippen LogP contribution in [0.3, 0.4) is 0 Å². The summed E-state index contributed by atoms with van der Waals surface area (Å²) in [5.41, 5.74) is -0.725. The minimum Gasteiger partial charge on any atom is -0.392 e. The van der Waals surface area contributed by atoms with Gasteiger partial charge in [-0.3, -0.25) is 0 Å². The van der Waals surface area contributed by atoms with Gasteiger partial charge in [0.25, 0.3) is 0 Å². The lowest BCUT2D eigenvalue weighted by Gasteiger charge is -2.15. The Hall–Kier alpha value is -1.23. The van der Waals surface area contributed by atoms with Gasteiger partial charge in [-0.05, 0) is 19.1 Å². The Morgan fingerprint density at radius 1 is 1.33 bits per heavy atom. The molecule has 0 aliphatic carbocycles. The summed E-state index contributed by atoms with van der Waals surface area (Å²) in [5, 5.41) is 11.5. The van der Waals surface area contributed by atoms with Crippen molar-refractivity contribution < 1.29 is 18.3 Å². The van der Waals surface area contributed by atoms with Crippen LogP contribution in [-0.4, -0.2) is 17.8 Å². The Balaban J connectivity index is 2.87. The highest BCUT2D eigenvalue weighted by molar-refractivity contribution is 5.52. The standard InChI is InChI=1S/C10H12F3NO/c1-7(15)6-14-9-5-3-2-4-8(9)10(11,12)13/h2-5,7,14-15H,6H2,1H3/t7-/m1/s1. The molecule has 1 atom stereocenters. The highest BCUT2D eigenvalue weighted by Crippen LogP contribution is 2.34. The van der Waals surface area contributed by atoms with Gasteiger partial charge in [0.15, 0.2) is 0 Å². The molecule has 0 radical (unpaired) electrons. The van der Waals surface area contributed by atoms with Crippen LogP contribution < -0.4 is 5.32 Å². The third-order valence-electron chi connectivity index (χ3n) is 1.82. The molecule has 0 saturated carbocycles. The Morgan fingerprint density at radius 2 is 1.93 bits per heavy atom. The van der Waals surface area contributed by atoms with E-state index in [0.29, 0.717) is 0 Å². The molecule has 0 aliphatic rings. The first kappa shape index (κ1) is 11.8. The van der Waals surface area contributed by atoms with E-state index in [1.807, 2.05) is 0 Å². The van der Waals surface area contributed by atoms with Crippen LogP contribution in [0.1, 0.15) is 12.5 Å². The summed E-state index contributed by atoms with van der Waals surface area (Å²) >= 11 is 0. The van der Waals surface area contributed by atoms with Crippen LogP contribution in [0.25, 0.3) is 0 Å². The lowest BCUT2D eigenvalue weighted by molar-refractivity contribution is -0.137. The maximum absolute atomic E-state index is 12.5. The van der Waals surface area contributed by atoms with Gasteiger partial charge in [0.2, 0.25) is 0 Å². The van der Waals surface area contributed by atoms with Crippen LogP contribution in [0.2, 0.25) is 0 Å². The van der Waals surface area contributed by atoms with Crippen molar-refractivity contribution in [2.75, 3.05) is 11.9 Å². The molecule has 15 heavy (non-hydrogen) atoms. The van der Waals surface area contributed by atoms with E-state index >= 15 is 0 Å². The van der Waals surface area contributed by atoms with Gasteiger partial charge in [-0.1, -0.05) is 12.1 Å². The third kappa shape index (κ3) is 3.43. The fourth-order valence-corrected chi connectivity index (χ4v) is 1.14. The smallest absolute Gasteiger partial charge is 0.392 e. The normalized spacial score (nSPS) is 13.7. The van der Waals surface area contributed by atoms with Crippen molar-refractivity contribution in [3.8, 4) is 0 Å². The van der Waals surface area contributed by atoms with Gasteiger partial charge < -0.3 is 10.4 Å². The average molecular weight is 219 g/mol. The summed E-state index contributed by atoms with van der Waals surface area (Å²) in [6.45, 7) is 1.59. The zero-order chi connectivity index (χ0) is 11.5. The number of benzene rings is 1. The Kier molecular flexibility index (Phi) is 3.57. The van der Waals surface area contributed by atoms with Crippen molar-refractivity contribution in [3.63, 3.8) is 0 Å². The van der Waals surface area contributed by atoms with E-state index in [9.17, 15) is 13.2 Å². The number of aliphatic hydroxyl groups excluding tert-OH is 1. The van der Waals surface area contributed by atoms with E-state index < -0.39 is 17.8 Å². The fraction of sp³-hybridized carbons (Fsp3) is 0.400. The lowest BCUT2D eigenvalue weighted by atomic mass is 10.1. The van der Waals surface area contributed by atoms with Crippen LogP contribution in [-0.2, 0) is 6.18 Å². The summed E-state index contributed by atoms with van der Waals surface area (Å²) in [6.07, 6.45) is -5.06. The molecule has 0 aromatic heterocycles. The van der Waals surface area contributed by atoms with Crippen molar-refractivity contribution >= 4 is 5.69 Å². The number of anilines is 1. The molecule has 1 aromatic carbocycles. The van der Waals surface area contributed by atoms with Crippen LogP contribution in [0.4, 0.5) is 18.9 Å². The Bertz CT molecular complexity index is 323. The number of hydrogen-bond acceptors (Lipinski definition) is 2. The zero-order valence-electron chi connectivity index (χ0n) is 8.17. The van der Waals surface area contributed by atoms with Gasteiger partial charge in [-0.25, -0.2) is 0 Å². The molecule has 0 fully saturated rings. The maximum atomic E-state index is 12.5. The number of para-hydroxylation sites is 1. The van der Waals surface area contributed by atoms with E-state index in [2.05, 4.69) is 5.32 Å². The maximum Gasteiger partial charge on any atom is 0.418 e. The van der Waals surface area contributed by atoms with E-state index in [1.165, 1.54) is 25.1 Å². The number of halogens is 3. The minimum atomic E-state index is -4.37. The highest BCUT2D eigenvalue weighted by Gasteiger charge is 2.32. The summed E-state index contributed by atoms with van der Waals surface area (Å²) in [7, 11) is 0. The molecule has 5 heteroatoms. The number of rotatable bonds is 3. The summed E-state index contributed by atoms with van der Waals surface area (Å²) < 4.78 is 37.4. The first-order chi connectivity index (χ1) is 6.91. The lowest BCUT2D eigenvalue weighted by Crippen LogP contribution is -2.18. The summed E-state index contributed by atoms with van der Waals surface area (Å²) in [6, 6.07) is 5.19. The second-order valence-electron chi connectivity index (χ2n) is 3.27. The fourth-order valence-electron chi connectivity index (χ4n) is 1.14. The van der Waals surface area contributed by atoms with Gasteiger partial charge in [-0.2, -0.15) is 13.2 Å². The topological polar surface area (TPSA) is 32.3 Å². The molecule has 84 valence electrons. The van der Waals surface area contributed by atoms with Crippen LogP contribution >= 0.6 is 0 Å². The van der Waals surface area contributed by atoms with Gasteiger partial charge in [-0.15, -0.1) is 0 Å². The second-order valence-corrected chi connectivity index (χ2v) is 3.27. The molecule has 0 aliphatic heterocycles. The van der Waals surface area contributed by atoms with Gasteiger partial charge >= 0.3 is 6.18 Å². The summed E-state index contributed by atoms with van der Waals surface area (Å²) in [4.78, 5) is 0. The quantitative estimate of drug-likeness (QED) is 0.818. The average Bonchev–Trinajstić information content (AvgIpc) is 2.13. The Morgan fingerprint density at radius 3 is 2.47 bits per heavy atom. The monoisotopic (exact) mass is 219 g/mol. The molecule has 0 bridgehead atoms. The first-order valence-electron chi connectivity index (χ1n) is 4.49. The first-order valence-corrected chi connectivity index (χ1v) is 4.49. The number of nitrogens with one attached hydrogen (secondary N) is 1. The molecule has 2 nitrogen and oxygen atoms in total. The van der Waals surface area contributed by atoms with Crippen molar-refractivity contribution in [1.29, 1.82) is 0 Å². The summed E-state index contributed by atoms with van der Waals surface area (Å²) in [5.74, 6) is 0. The molecular weight excluding hydrogens is 207 g/mol. The van der Waals surface area contributed by atoms with Crippen molar-refractivity contribution in [1.82, 2.24) is 0 Å². The van der Waals surface area contributed by atoms with E-state index in [4.69, 9.17) is 5.11 Å².